The van der Waals surface area contributed by atoms with Crippen LogP contribution in [0.1, 0.15) is 29.3 Å². The van der Waals surface area contributed by atoms with E-state index in [0.29, 0.717) is 37.4 Å². The Bertz CT molecular complexity index is 766. The maximum absolute atomic E-state index is 11.7. The molecule has 1 aromatic carbocycles. The molecule has 1 N–H and O–H groups in total. The van der Waals surface area contributed by atoms with Crippen LogP contribution in [0.25, 0.3) is 0 Å². The third kappa shape index (κ3) is 7.12. The molecule has 0 spiro atoms. The van der Waals surface area contributed by atoms with Crippen molar-refractivity contribution in [1.82, 2.24) is 14.7 Å². The molecule has 2 unspecified atom stereocenters. The number of Topliss-reactive ketones (excluding diaryl/α,β-unsaturated/α-hetero) is 1. The summed E-state index contributed by atoms with van der Waals surface area (Å²) in [5, 5.41) is 14.7. The number of β-amino-alcohol motifs (C(OH)–C–C–N with tert-alkyl or cyclic N) is 1. The van der Waals surface area contributed by atoms with E-state index in [1.165, 1.54) is 0 Å². The Morgan fingerprint density at radius 3 is 2.79 bits per heavy atom. The highest BCUT2D eigenvalue weighted by Crippen LogP contribution is 2.14. The van der Waals surface area contributed by atoms with Crippen molar-refractivity contribution in [3.05, 3.63) is 47.8 Å². The van der Waals surface area contributed by atoms with Gasteiger partial charge >= 0.3 is 0 Å². The number of aromatic nitrogens is 2. The molecule has 1 aliphatic rings. The third-order valence-electron chi connectivity index (χ3n) is 4.78. The van der Waals surface area contributed by atoms with Crippen molar-refractivity contribution in [2.24, 2.45) is 0 Å². The number of ketones is 1. The van der Waals surface area contributed by atoms with Gasteiger partial charge in [-0.05, 0) is 36.8 Å². The number of aryl methyl sites for hydroxylation is 1. The van der Waals surface area contributed by atoms with Crippen molar-refractivity contribution in [2.45, 2.75) is 39.0 Å². The smallest absolute Gasteiger partial charge is 0.162 e. The van der Waals surface area contributed by atoms with Gasteiger partial charge in [-0.25, -0.2) is 0 Å². The fraction of sp³-hybridized carbons (Fsp3) is 0.524. The second-order valence-corrected chi connectivity index (χ2v) is 7.26. The minimum Gasteiger partial charge on any atom is -0.491 e. The van der Waals surface area contributed by atoms with Gasteiger partial charge in [0, 0.05) is 37.8 Å². The molecule has 1 saturated heterocycles. The predicted molar refractivity (Wildman–Crippen MR) is 113 cm³/mol. The fourth-order valence-electron chi connectivity index (χ4n) is 3.32. The first-order valence-corrected chi connectivity index (χ1v) is 9.80. The van der Waals surface area contributed by atoms with Crippen molar-refractivity contribution >= 4 is 18.2 Å². The van der Waals surface area contributed by atoms with Crippen molar-refractivity contribution in [3.63, 3.8) is 0 Å². The number of aliphatic hydroxyl groups is 1. The summed E-state index contributed by atoms with van der Waals surface area (Å²) in [6.07, 6.45) is 3.79. The zero-order valence-corrected chi connectivity index (χ0v) is 17.8. The molecule has 1 aromatic heterocycles. The summed E-state index contributed by atoms with van der Waals surface area (Å²) in [5.41, 5.74) is 1.81. The highest BCUT2D eigenvalue weighted by atomic mass is 35.5. The van der Waals surface area contributed by atoms with Crippen LogP contribution in [0.15, 0.2) is 36.7 Å². The molecular weight excluding hydrogens is 394 g/mol. The first-order chi connectivity index (χ1) is 13.5. The Morgan fingerprint density at radius 2 is 2.14 bits per heavy atom. The van der Waals surface area contributed by atoms with E-state index in [4.69, 9.17) is 9.47 Å². The number of benzene rings is 1. The number of rotatable bonds is 9. The normalized spacial score (nSPS) is 18.1. The Morgan fingerprint density at radius 1 is 1.38 bits per heavy atom. The van der Waals surface area contributed by atoms with Crippen molar-refractivity contribution < 1.29 is 19.4 Å². The van der Waals surface area contributed by atoms with Crippen LogP contribution in [-0.2, 0) is 11.3 Å². The van der Waals surface area contributed by atoms with Crippen LogP contribution >= 0.6 is 12.4 Å². The van der Waals surface area contributed by atoms with E-state index in [-0.39, 0.29) is 30.9 Å². The summed E-state index contributed by atoms with van der Waals surface area (Å²) < 4.78 is 13.4. The maximum Gasteiger partial charge on any atom is 0.162 e. The van der Waals surface area contributed by atoms with E-state index in [1.54, 1.807) is 24.3 Å². The summed E-state index contributed by atoms with van der Waals surface area (Å²) in [7, 11) is 0. The van der Waals surface area contributed by atoms with Gasteiger partial charge in [0.1, 0.15) is 18.5 Å². The number of hydrogen-bond acceptors (Lipinski definition) is 6. The highest BCUT2D eigenvalue weighted by Gasteiger charge is 2.23. The SMILES string of the molecule is CCC(=O)c1ccc(OCC(O)CN2CCOC(Cn3cc(C)cn3)C2)cc1.Cl. The summed E-state index contributed by atoms with van der Waals surface area (Å²) in [6.45, 7) is 7.50. The minimum absolute atomic E-state index is 0. The van der Waals surface area contributed by atoms with Gasteiger partial charge in [-0.2, -0.15) is 5.10 Å². The predicted octanol–water partition coefficient (Wildman–Crippen LogP) is 2.35. The van der Waals surface area contributed by atoms with Crippen LogP contribution in [0.3, 0.4) is 0 Å². The molecule has 2 heterocycles. The number of carbonyl (C=O) groups excluding carboxylic acids is 1. The van der Waals surface area contributed by atoms with E-state index >= 15 is 0 Å². The molecule has 0 bridgehead atoms. The standard InChI is InChI=1S/C21H29N3O4.ClH/c1-3-21(26)17-4-6-19(7-5-17)28-15-18(25)12-23-8-9-27-20(13-23)14-24-11-16(2)10-22-24;/h4-7,10-11,18,20,25H,3,8-9,12-15H2,1-2H3;1H. The number of carbonyl (C=O) groups is 1. The van der Waals surface area contributed by atoms with Crippen molar-refractivity contribution in [3.8, 4) is 5.75 Å². The molecule has 7 nitrogen and oxygen atoms in total. The molecule has 0 saturated carbocycles. The van der Waals surface area contributed by atoms with E-state index in [1.807, 2.05) is 30.9 Å². The average Bonchev–Trinajstić information content (AvgIpc) is 3.11. The van der Waals surface area contributed by atoms with Gasteiger partial charge in [0.25, 0.3) is 0 Å². The molecule has 2 atom stereocenters. The zero-order chi connectivity index (χ0) is 19.9. The van der Waals surface area contributed by atoms with E-state index in [0.717, 1.165) is 18.7 Å². The lowest BCUT2D eigenvalue weighted by molar-refractivity contribution is -0.0517. The van der Waals surface area contributed by atoms with E-state index < -0.39 is 6.10 Å². The largest absolute Gasteiger partial charge is 0.491 e. The zero-order valence-electron chi connectivity index (χ0n) is 17.0. The maximum atomic E-state index is 11.7. The van der Waals surface area contributed by atoms with Gasteiger partial charge in [0.05, 0.1) is 25.5 Å². The first-order valence-electron chi connectivity index (χ1n) is 9.80. The van der Waals surface area contributed by atoms with Crippen LogP contribution in [0, 0.1) is 6.92 Å². The average molecular weight is 424 g/mol. The topological polar surface area (TPSA) is 76.8 Å². The first kappa shape index (κ1) is 23.3. The summed E-state index contributed by atoms with van der Waals surface area (Å²) >= 11 is 0. The lowest BCUT2D eigenvalue weighted by Gasteiger charge is -2.34. The van der Waals surface area contributed by atoms with E-state index in [2.05, 4.69) is 10.00 Å². The molecule has 0 radical (unpaired) electrons. The van der Waals surface area contributed by atoms with Gasteiger partial charge in [-0.15, -0.1) is 12.4 Å². The summed E-state index contributed by atoms with van der Waals surface area (Å²) in [6, 6.07) is 7.06. The van der Waals surface area contributed by atoms with Gasteiger partial charge in [0.15, 0.2) is 5.78 Å². The number of halogens is 1. The second kappa shape index (κ2) is 11.3. The molecule has 1 aliphatic heterocycles. The molecule has 0 amide bonds. The number of morpholine rings is 1. The number of hydrogen-bond donors (Lipinski definition) is 1. The highest BCUT2D eigenvalue weighted by molar-refractivity contribution is 5.95. The van der Waals surface area contributed by atoms with Gasteiger partial charge < -0.3 is 14.6 Å². The summed E-state index contributed by atoms with van der Waals surface area (Å²) in [5.74, 6) is 0.763. The van der Waals surface area contributed by atoms with Crippen LogP contribution < -0.4 is 4.74 Å². The van der Waals surface area contributed by atoms with Crippen LogP contribution in [0.2, 0.25) is 0 Å². The number of ether oxygens (including phenoxy) is 2. The number of aliphatic hydroxyl groups excluding tert-OH is 1. The Hall–Kier alpha value is -1.93. The van der Waals surface area contributed by atoms with E-state index in [9.17, 15) is 9.90 Å². The van der Waals surface area contributed by atoms with Gasteiger partial charge in [-0.1, -0.05) is 6.92 Å². The monoisotopic (exact) mass is 423 g/mol. The molecule has 8 heteroatoms. The van der Waals surface area contributed by atoms with Crippen molar-refractivity contribution in [1.29, 1.82) is 0 Å². The lowest BCUT2D eigenvalue weighted by Crippen LogP contribution is -2.47. The Balaban J connectivity index is 0.00000300. The molecule has 0 aliphatic carbocycles. The van der Waals surface area contributed by atoms with Crippen LogP contribution in [0.4, 0.5) is 0 Å². The van der Waals surface area contributed by atoms with Gasteiger partial charge in [0.2, 0.25) is 0 Å². The lowest BCUT2D eigenvalue weighted by atomic mass is 10.1. The Kier molecular flexibility index (Phi) is 9.10. The molecule has 1 fully saturated rings. The second-order valence-electron chi connectivity index (χ2n) is 7.26. The quantitative estimate of drug-likeness (QED) is 0.624. The van der Waals surface area contributed by atoms with Crippen LogP contribution in [0.5, 0.6) is 5.75 Å². The molecule has 3 rings (SSSR count). The minimum atomic E-state index is -0.595. The summed E-state index contributed by atoms with van der Waals surface area (Å²) in [4.78, 5) is 13.8. The van der Waals surface area contributed by atoms with Crippen LogP contribution in [-0.4, -0.2) is 70.6 Å². The molecule has 160 valence electrons. The van der Waals surface area contributed by atoms with Gasteiger partial charge in [-0.3, -0.25) is 14.4 Å². The third-order valence-corrected chi connectivity index (χ3v) is 4.78. The molecular formula is C21H30ClN3O4. The Labute approximate surface area is 178 Å². The fourth-order valence-corrected chi connectivity index (χ4v) is 3.32. The molecule has 29 heavy (non-hydrogen) atoms. The van der Waals surface area contributed by atoms with Crippen molar-refractivity contribution in [2.75, 3.05) is 32.8 Å². The molecule has 2 aromatic rings. The number of nitrogens with zero attached hydrogens (tertiary/aromatic N) is 3.